The van der Waals surface area contributed by atoms with E-state index in [0.717, 1.165) is 5.56 Å². The number of carbonyl (C=O) groups is 2. The summed E-state index contributed by atoms with van der Waals surface area (Å²) in [5.74, 6) is -0.871. The summed E-state index contributed by atoms with van der Waals surface area (Å²) in [6.07, 6.45) is 1.29. The Morgan fingerprint density at radius 2 is 1.62 bits per heavy atom. The highest BCUT2D eigenvalue weighted by molar-refractivity contribution is 6.04. The van der Waals surface area contributed by atoms with E-state index in [-0.39, 0.29) is 23.5 Å². The Kier molecular flexibility index (Phi) is 7.15. The van der Waals surface area contributed by atoms with Crippen LogP contribution in [0.2, 0.25) is 0 Å². The molecule has 0 heterocycles. The predicted molar refractivity (Wildman–Crippen MR) is 113 cm³/mol. The fourth-order valence-corrected chi connectivity index (χ4v) is 2.48. The maximum absolute atomic E-state index is 12.4. The van der Waals surface area contributed by atoms with Gasteiger partial charge in [0.1, 0.15) is 6.07 Å². The van der Waals surface area contributed by atoms with Gasteiger partial charge in [-0.05, 0) is 54.3 Å². The molecule has 0 atom stereocenters. The van der Waals surface area contributed by atoms with E-state index in [9.17, 15) is 9.59 Å². The molecule has 0 saturated carbocycles. The van der Waals surface area contributed by atoms with Crippen LogP contribution in [0.25, 0.3) is 0 Å². The number of anilines is 2. The van der Waals surface area contributed by atoms with E-state index >= 15 is 0 Å². The van der Waals surface area contributed by atoms with Crippen molar-refractivity contribution in [3.05, 3.63) is 71.4 Å². The zero-order chi connectivity index (χ0) is 21.4. The molecule has 2 aromatic carbocycles. The number of amides is 1. The Bertz CT molecular complexity index is 931. The highest BCUT2D eigenvalue weighted by Crippen LogP contribution is 2.22. The Hall–Kier alpha value is -3.59. The van der Waals surface area contributed by atoms with E-state index < -0.39 is 5.97 Å². The zero-order valence-corrected chi connectivity index (χ0v) is 17.1. The van der Waals surface area contributed by atoms with Gasteiger partial charge in [-0.3, -0.25) is 4.79 Å². The van der Waals surface area contributed by atoms with Crippen molar-refractivity contribution in [1.82, 2.24) is 0 Å². The first-order chi connectivity index (χ1) is 13.7. The number of nitrogens with one attached hydrogen (secondary N) is 2. The van der Waals surface area contributed by atoms with Crippen LogP contribution >= 0.6 is 0 Å². The third kappa shape index (κ3) is 6.22. The highest BCUT2D eigenvalue weighted by Gasteiger charge is 2.14. The van der Waals surface area contributed by atoms with Gasteiger partial charge >= 0.3 is 5.97 Å². The molecule has 1 amide bonds. The number of esters is 1. The minimum Gasteiger partial charge on any atom is -0.462 e. The van der Waals surface area contributed by atoms with Gasteiger partial charge in [-0.1, -0.05) is 32.9 Å². The molecule has 0 bridgehead atoms. The van der Waals surface area contributed by atoms with Gasteiger partial charge in [-0.25, -0.2) is 4.79 Å². The molecular formula is C23H25N3O3. The Balaban J connectivity index is 2.01. The zero-order valence-electron chi connectivity index (χ0n) is 17.1. The Morgan fingerprint density at radius 1 is 1.03 bits per heavy atom. The fourth-order valence-electron chi connectivity index (χ4n) is 2.48. The minimum absolute atomic E-state index is 0.0327. The summed E-state index contributed by atoms with van der Waals surface area (Å²) in [7, 11) is 0. The van der Waals surface area contributed by atoms with E-state index in [1.54, 1.807) is 37.3 Å². The molecule has 0 radical (unpaired) electrons. The number of rotatable bonds is 6. The Labute approximate surface area is 171 Å². The molecule has 2 N–H and O–H groups in total. The monoisotopic (exact) mass is 391 g/mol. The van der Waals surface area contributed by atoms with Crippen molar-refractivity contribution in [3.63, 3.8) is 0 Å². The number of ether oxygens (including phenoxy) is 1. The standard InChI is InChI=1S/C23H25N3O3/c1-5-29-22(28)17(14-24)15-25-19-10-12-20(13-11-19)26-21(27)16-6-8-18(9-7-16)23(2,3)4/h6-13,15,25H,5H2,1-4H3,(H,26,27)/b17-15-. The lowest BCUT2D eigenvalue weighted by molar-refractivity contribution is -0.138. The van der Waals surface area contributed by atoms with Crippen LogP contribution in [-0.4, -0.2) is 18.5 Å². The summed E-state index contributed by atoms with van der Waals surface area (Å²) < 4.78 is 4.80. The van der Waals surface area contributed by atoms with E-state index in [2.05, 4.69) is 31.4 Å². The first kappa shape index (κ1) is 21.7. The average Bonchev–Trinajstić information content (AvgIpc) is 2.69. The molecular weight excluding hydrogens is 366 g/mol. The van der Waals surface area contributed by atoms with Crippen LogP contribution < -0.4 is 10.6 Å². The van der Waals surface area contributed by atoms with Crippen LogP contribution in [0.4, 0.5) is 11.4 Å². The molecule has 6 nitrogen and oxygen atoms in total. The van der Waals surface area contributed by atoms with Crippen molar-refractivity contribution in [2.75, 3.05) is 17.2 Å². The van der Waals surface area contributed by atoms with Gasteiger partial charge in [0.05, 0.1) is 6.61 Å². The van der Waals surface area contributed by atoms with E-state index in [1.807, 2.05) is 24.3 Å². The highest BCUT2D eigenvalue weighted by atomic mass is 16.5. The molecule has 2 rings (SSSR count). The molecule has 0 aliphatic heterocycles. The van der Waals surface area contributed by atoms with Crippen LogP contribution in [-0.2, 0) is 14.9 Å². The van der Waals surface area contributed by atoms with Crippen LogP contribution in [0.3, 0.4) is 0 Å². The molecule has 0 fully saturated rings. The predicted octanol–water partition coefficient (Wildman–Crippen LogP) is 4.62. The second kappa shape index (κ2) is 9.56. The van der Waals surface area contributed by atoms with Crippen LogP contribution in [0.15, 0.2) is 60.3 Å². The lowest BCUT2D eigenvalue weighted by atomic mass is 9.87. The number of nitriles is 1. The quantitative estimate of drug-likeness (QED) is 0.426. The lowest BCUT2D eigenvalue weighted by Gasteiger charge is -2.19. The lowest BCUT2D eigenvalue weighted by Crippen LogP contribution is -2.14. The molecule has 0 aliphatic carbocycles. The van der Waals surface area contributed by atoms with Gasteiger partial charge in [0.25, 0.3) is 5.91 Å². The summed E-state index contributed by atoms with van der Waals surface area (Å²) in [6, 6.07) is 16.3. The maximum atomic E-state index is 12.4. The van der Waals surface area contributed by atoms with E-state index in [1.165, 1.54) is 6.20 Å². The fraction of sp³-hybridized carbons (Fsp3) is 0.261. The van der Waals surface area contributed by atoms with Crippen molar-refractivity contribution in [2.24, 2.45) is 0 Å². The van der Waals surface area contributed by atoms with Crippen molar-refractivity contribution in [1.29, 1.82) is 5.26 Å². The second-order valence-corrected chi connectivity index (χ2v) is 7.39. The molecule has 0 spiro atoms. The smallest absolute Gasteiger partial charge is 0.350 e. The molecule has 0 unspecified atom stereocenters. The van der Waals surface area contributed by atoms with Gasteiger partial charge < -0.3 is 15.4 Å². The van der Waals surface area contributed by atoms with Crippen molar-refractivity contribution in [2.45, 2.75) is 33.1 Å². The van der Waals surface area contributed by atoms with E-state index in [0.29, 0.717) is 16.9 Å². The first-order valence-electron chi connectivity index (χ1n) is 9.30. The molecule has 2 aromatic rings. The summed E-state index contributed by atoms with van der Waals surface area (Å²) in [4.78, 5) is 24.0. The number of nitrogens with zero attached hydrogens (tertiary/aromatic N) is 1. The van der Waals surface area contributed by atoms with E-state index in [4.69, 9.17) is 10.00 Å². The third-order valence-corrected chi connectivity index (χ3v) is 4.15. The number of benzene rings is 2. The van der Waals surface area contributed by atoms with Gasteiger partial charge in [-0.15, -0.1) is 0 Å². The maximum Gasteiger partial charge on any atom is 0.350 e. The average molecular weight is 391 g/mol. The van der Waals surface area contributed by atoms with Crippen molar-refractivity contribution in [3.8, 4) is 6.07 Å². The SMILES string of the molecule is CCOC(=O)/C(C#N)=C\Nc1ccc(NC(=O)c2ccc(C(C)(C)C)cc2)cc1. The number of hydrogen-bond donors (Lipinski definition) is 2. The molecule has 150 valence electrons. The molecule has 0 aliphatic rings. The minimum atomic E-state index is -0.677. The molecule has 0 aromatic heterocycles. The van der Waals surface area contributed by atoms with Gasteiger partial charge in [0, 0.05) is 23.1 Å². The van der Waals surface area contributed by atoms with Gasteiger partial charge in [0.2, 0.25) is 0 Å². The summed E-state index contributed by atoms with van der Waals surface area (Å²) in [5, 5.41) is 14.7. The molecule has 6 heteroatoms. The topological polar surface area (TPSA) is 91.2 Å². The van der Waals surface area contributed by atoms with Crippen molar-refractivity contribution >= 4 is 23.3 Å². The summed E-state index contributed by atoms with van der Waals surface area (Å²) in [6.45, 7) is 8.25. The first-order valence-corrected chi connectivity index (χ1v) is 9.30. The number of hydrogen-bond acceptors (Lipinski definition) is 5. The summed E-state index contributed by atoms with van der Waals surface area (Å²) in [5.41, 5.74) is 2.95. The third-order valence-electron chi connectivity index (χ3n) is 4.15. The van der Waals surface area contributed by atoms with Crippen LogP contribution in [0, 0.1) is 11.3 Å². The second-order valence-electron chi connectivity index (χ2n) is 7.39. The van der Waals surface area contributed by atoms with Gasteiger partial charge in [0.15, 0.2) is 5.57 Å². The molecule has 0 saturated heterocycles. The van der Waals surface area contributed by atoms with Crippen molar-refractivity contribution < 1.29 is 14.3 Å². The Morgan fingerprint density at radius 3 is 2.14 bits per heavy atom. The molecule has 29 heavy (non-hydrogen) atoms. The number of carbonyl (C=O) groups excluding carboxylic acids is 2. The largest absolute Gasteiger partial charge is 0.462 e. The van der Waals surface area contributed by atoms with Crippen LogP contribution in [0.5, 0.6) is 0 Å². The van der Waals surface area contributed by atoms with Crippen LogP contribution in [0.1, 0.15) is 43.6 Å². The summed E-state index contributed by atoms with van der Waals surface area (Å²) >= 11 is 0. The van der Waals surface area contributed by atoms with Gasteiger partial charge in [-0.2, -0.15) is 5.26 Å². The normalized spacial score (nSPS) is 11.3.